The molecule has 0 saturated carbocycles. The summed E-state index contributed by atoms with van der Waals surface area (Å²) in [4.78, 5) is 0. The summed E-state index contributed by atoms with van der Waals surface area (Å²) in [5.74, 6) is 0. The Bertz CT molecular complexity index is 299. The maximum atomic E-state index is 13.6. The monoisotopic (exact) mass is 196 g/mol. The standard InChI is InChI=1S/C12H17FO/c1-9(14)7-10-5-4-6-11(8-10)12(2,3)13/h4-6,8-9,14H,7H2,1-3H3. The van der Waals surface area contributed by atoms with Gasteiger partial charge in [-0.1, -0.05) is 24.3 Å². The van der Waals surface area contributed by atoms with Crippen molar-refractivity contribution in [2.45, 2.75) is 39.0 Å². The lowest BCUT2D eigenvalue weighted by atomic mass is 9.96. The fraction of sp³-hybridized carbons (Fsp3) is 0.500. The summed E-state index contributed by atoms with van der Waals surface area (Å²) in [6, 6.07) is 7.31. The van der Waals surface area contributed by atoms with Gasteiger partial charge in [-0.25, -0.2) is 4.39 Å². The molecule has 1 nitrogen and oxygen atoms in total. The highest BCUT2D eigenvalue weighted by atomic mass is 19.1. The number of hydrogen-bond donors (Lipinski definition) is 1. The number of rotatable bonds is 3. The maximum Gasteiger partial charge on any atom is 0.130 e. The average molecular weight is 196 g/mol. The second-order valence-electron chi connectivity index (χ2n) is 4.23. The molecule has 1 unspecified atom stereocenters. The second-order valence-corrected chi connectivity index (χ2v) is 4.23. The Labute approximate surface area is 84.6 Å². The zero-order valence-corrected chi connectivity index (χ0v) is 8.92. The second kappa shape index (κ2) is 4.09. The van der Waals surface area contributed by atoms with Crippen molar-refractivity contribution in [1.82, 2.24) is 0 Å². The fourth-order valence-electron chi connectivity index (χ4n) is 1.41. The van der Waals surface area contributed by atoms with Crippen LogP contribution in [0.1, 0.15) is 31.9 Å². The van der Waals surface area contributed by atoms with Crippen molar-refractivity contribution in [3.05, 3.63) is 35.4 Å². The quantitative estimate of drug-likeness (QED) is 0.788. The summed E-state index contributed by atoms with van der Waals surface area (Å²) in [6.07, 6.45) is 0.192. The van der Waals surface area contributed by atoms with Gasteiger partial charge in [0.25, 0.3) is 0 Å². The van der Waals surface area contributed by atoms with Crippen LogP contribution < -0.4 is 0 Å². The molecule has 0 amide bonds. The Balaban J connectivity index is 2.90. The van der Waals surface area contributed by atoms with Crippen molar-refractivity contribution >= 4 is 0 Å². The van der Waals surface area contributed by atoms with Gasteiger partial charge in [-0.05, 0) is 38.3 Å². The summed E-state index contributed by atoms with van der Waals surface area (Å²) >= 11 is 0. The molecule has 1 rings (SSSR count). The third-order valence-corrected chi connectivity index (χ3v) is 2.14. The van der Waals surface area contributed by atoms with Gasteiger partial charge in [-0.2, -0.15) is 0 Å². The minimum Gasteiger partial charge on any atom is -0.393 e. The molecular weight excluding hydrogens is 179 g/mol. The molecule has 0 heterocycles. The molecule has 78 valence electrons. The molecule has 0 aliphatic carbocycles. The Kier molecular flexibility index (Phi) is 3.27. The topological polar surface area (TPSA) is 20.2 Å². The van der Waals surface area contributed by atoms with E-state index in [4.69, 9.17) is 0 Å². The van der Waals surface area contributed by atoms with E-state index in [1.807, 2.05) is 18.2 Å². The predicted molar refractivity (Wildman–Crippen MR) is 56.0 cm³/mol. The molecular formula is C12H17FO. The molecule has 0 saturated heterocycles. The summed E-state index contributed by atoms with van der Waals surface area (Å²) in [7, 11) is 0. The molecule has 1 N–H and O–H groups in total. The predicted octanol–water partition coefficient (Wildman–Crippen LogP) is 2.81. The molecule has 0 radical (unpaired) electrons. The molecule has 14 heavy (non-hydrogen) atoms. The first kappa shape index (κ1) is 11.2. The summed E-state index contributed by atoms with van der Waals surface area (Å²) < 4.78 is 13.6. The van der Waals surface area contributed by atoms with Crippen LogP contribution in [-0.4, -0.2) is 11.2 Å². The van der Waals surface area contributed by atoms with Crippen molar-refractivity contribution in [1.29, 1.82) is 0 Å². The summed E-state index contributed by atoms with van der Waals surface area (Å²) in [6.45, 7) is 4.80. The molecule has 1 aromatic carbocycles. The highest BCUT2D eigenvalue weighted by molar-refractivity contribution is 5.27. The van der Waals surface area contributed by atoms with Crippen LogP contribution in [0.15, 0.2) is 24.3 Å². The third kappa shape index (κ3) is 3.11. The normalized spacial score (nSPS) is 14.1. The number of alkyl halides is 1. The molecule has 0 aromatic heterocycles. The van der Waals surface area contributed by atoms with Crippen LogP contribution in [0.4, 0.5) is 4.39 Å². The van der Waals surface area contributed by atoms with E-state index >= 15 is 0 Å². The Morgan fingerprint density at radius 1 is 1.43 bits per heavy atom. The molecule has 1 aromatic rings. The minimum atomic E-state index is -1.31. The van der Waals surface area contributed by atoms with Crippen LogP contribution in [0.5, 0.6) is 0 Å². The number of hydrogen-bond acceptors (Lipinski definition) is 1. The minimum absolute atomic E-state index is 0.382. The van der Waals surface area contributed by atoms with Crippen LogP contribution in [0.3, 0.4) is 0 Å². The number of aliphatic hydroxyl groups excluding tert-OH is 1. The Morgan fingerprint density at radius 3 is 2.57 bits per heavy atom. The average Bonchev–Trinajstić information content (AvgIpc) is 2.01. The van der Waals surface area contributed by atoms with Crippen molar-refractivity contribution in [2.24, 2.45) is 0 Å². The van der Waals surface area contributed by atoms with Crippen LogP contribution in [0.25, 0.3) is 0 Å². The van der Waals surface area contributed by atoms with Gasteiger partial charge in [0.05, 0.1) is 6.10 Å². The van der Waals surface area contributed by atoms with Crippen LogP contribution >= 0.6 is 0 Å². The molecule has 0 fully saturated rings. The first-order valence-corrected chi connectivity index (χ1v) is 4.86. The Hall–Kier alpha value is -0.890. The fourth-order valence-corrected chi connectivity index (χ4v) is 1.41. The number of halogens is 1. The molecule has 0 aliphatic heterocycles. The van der Waals surface area contributed by atoms with Gasteiger partial charge in [0.2, 0.25) is 0 Å². The van der Waals surface area contributed by atoms with E-state index in [0.29, 0.717) is 12.0 Å². The van der Waals surface area contributed by atoms with E-state index in [0.717, 1.165) is 5.56 Å². The smallest absolute Gasteiger partial charge is 0.130 e. The highest BCUT2D eigenvalue weighted by Crippen LogP contribution is 2.25. The molecule has 0 spiro atoms. The summed E-state index contributed by atoms with van der Waals surface area (Å²) in [5.41, 5.74) is 0.327. The largest absolute Gasteiger partial charge is 0.393 e. The van der Waals surface area contributed by atoms with Crippen molar-refractivity contribution in [3.8, 4) is 0 Å². The molecule has 0 bridgehead atoms. The van der Waals surface area contributed by atoms with Crippen LogP contribution in [0.2, 0.25) is 0 Å². The van der Waals surface area contributed by atoms with Crippen molar-refractivity contribution < 1.29 is 9.50 Å². The Morgan fingerprint density at radius 2 is 2.07 bits per heavy atom. The van der Waals surface area contributed by atoms with Crippen molar-refractivity contribution in [2.75, 3.05) is 0 Å². The maximum absolute atomic E-state index is 13.6. The van der Waals surface area contributed by atoms with E-state index in [-0.39, 0.29) is 6.10 Å². The zero-order chi connectivity index (χ0) is 10.8. The van der Waals surface area contributed by atoms with Gasteiger partial charge in [0, 0.05) is 0 Å². The first-order valence-electron chi connectivity index (χ1n) is 4.86. The highest BCUT2D eigenvalue weighted by Gasteiger charge is 2.18. The van der Waals surface area contributed by atoms with E-state index in [1.165, 1.54) is 13.8 Å². The SMILES string of the molecule is CC(O)Cc1cccc(C(C)(C)F)c1. The third-order valence-electron chi connectivity index (χ3n) is 2.14. The van der Waals surface area contributed by atoms with Gasteiger partial charge in [0.15, 0.2) is 0 Å². The van der Waals surface area contributed by atoms with Gasteiger partial charge in [-0.15, -0.1) is 0 Å². The van der Waals surface area contributed by atoms with Crippen LogP contribution in [-0.2, 0) is 12.1 Å². The van der Waals surface area contributed by atoms with E-state index in [2.05, 4.69) is 0 Å². The van der Waals surface area contributed by atoms with Crippen LogP contribution in [0, 0.1) is 0 Å². The summed E-state index contributed by atoms with van der Waals surface area (Å²) in [5, 5.41) is 9.21. The molecule has 0 aliphatic rings. The lowest BCUT2D eigenvalue weighted by Gasteiger charge is -2.16. The van der Waals surface area contributed by atoms with Gasteiger partial charge in [-0.3, -0.25) is 0 Å². The lowest BCUT2D eigenvalue weighted by Crippen LogP contribution is -2.10. The lowest BCUT2D eigenvalue weighted by molar-refractivity contribution is 0.194. The zero-order valence-electron chi connectivity index (χ0n) is 8.92. The molecule has 2 heteroatoms. The van der Waals surface area contributed by atoms with Gasteiger partial charge in [0.1, 0.15) is 5.67 Å². The first-order chi connectivity index (χ1) is 6.39. The number of aliphatic hydroxyl groups is 1. The van der Waals surface area contributed by atoms with E-state index in [1.54, 1.807) is 13.0 Å². The number of benzene rings is 1. The van der Waals surface area contributed by atoms with Gasteiger partial charge >= 0.3 is 0 Å². The molecule has 1 atom stereocenters. The van der Waals surface area contributed by atoms with E-state index < -0.39 is 5.67 Å². The van der Waals surface area contributed by atoms with E-state index in [9.17, 15) is 9.50 Å². The van der Waals surface area contributed by atoms with Gasteiger partial charge < -0.3 is 5.11 Å². The van der Waals surface area contributed by atoms with Crippen molar-refractivity contribution in [3.63, 3.8) is 0 Å².